The molecule has 0 unspecified atom stereocenters. The van der Waals surface area contributed by atoms with Crippen molar-refractivity contribution in [3.05, 3.63) is 60.7 Å². The lowest BCUT2D eigenvalue weighted by atomic mass is 10.2. The molecule has 0 amide bonds. The minimum atomic E-state index is 0.370. The van der Waals surface area contributed by atoms with E-state index in [0.29, 0.717) is 76.0 Å². The van der Waals surface area contributed by atoms with E-state index in [0.717, 1.165) is 21.8 Å². The zero-order chi connectivity index (χ0) is 24.3. The van der Waals surface area contributed by atoms with Gasteiger partial charge in [-0.25, -0.2) is 9.97 Å². The molecule has 0 saturated carbocycles. The van der Waals surface area contributed by atoms with Crippen LogP contribution < -0.4 is 20.9 Å². The van der Waals surface area contributed by atoms with Crippen LogP contribution in [0.25, 0.3) is 21.8 Å². The number of ether oxygens (including phenoxy) is 5. The minimum absolute atomic E-state index is 0.370. The van der Waals surface area contributed by atoms with Crippen molar-refractivity contribution >= 4 is 33.4 Å². The van der Waals surface area contributed by atoms with Gasteiger partial charge in [-0.1, -0.05) is 36.4 Å². The van der Waals surface area contributed by atoms with E-state index in [9.17, 15) is 0 Å². The molecule has 9 nitrogen and oxygen atoms in total. The lowest BCUT2D eigenvalue weighted by molar-refractivity contribution is 0.00504. The summed E-state index contributed by atoms with van der Waals surface area (Å²) in [5, 5.41) is 1.96. The summed E-state index contributed by atoms with van der Waals surface area (Å²) in [6, 6.07) is 19.3. The van der Waals surface area contributed by atoms with Crippen molar-refractivity contribution in [3.63, 3.8) is 0 Å². The van der Waals surface area contributed by atoms with E-state index in [2.05, 4.69) is 9.97 Å². The van der Waals surface area contributed by atoms with Crippen molar-refractivity contribution in [1.82, 2.24) is 9.97 Å². The Bertz CT molecular complexity index is 1140. The summed E-state index contributed by atoms with van der Waals surface area (Å²) < 4.78 is 27.9. The SMILES string of the molecule is Nc1nc2ccccc2cc1OCCOCCOCCOCCOc1cc2ccccc2nc1N. The summed E-state index contributed by atoms with van der Waals surface area (Å²) in [7, 11) is 0. The van der Waals surface area contributed by atoms with Gasteiger partial charge >= 0.3 is 0 Å². The normalized spacial score (nSPS) is 11.2. The van der Waals surface area contributed by atoms with Crippen molar-refractivity contribution < 1.29 is 23.7 Å². The fourth-order valence-electron chi connectivity index (χ4n) is 3.42. The first kappa shape index (κ1) is 24.5. The van der Waals surface area contributed by atoms with Gasteiger partial charge in [-0.15, -0.1) is 0 Å². The molecular formula is C26H30N4O5. The summed E-state index contributed by atoms with van der Waals surface area (Å²) in [6.45, 7) is 3.48. The van der Waals surface area contributed by atoms with Crippen molar-refractivity contribution in [3.8, 4) is 11.5 Å². The first-order valence-electron chi connectivity index (χ1n) is 11.5. The molecule has 9 heteroatoms. The molecule has 4 rings (SSSR count). The number of hydrogen-bond donors (Lipinski definition) is 2. The molecule has 2 heterocycles. The molecule has 4 N–H and O–H groups in total. The van der Waals surface area contributed by atoms with Gasteiger partial charge < -0.3 is 35.2 Å². The molecule has 2 aromatic carbocycles. The fourth-order valence-corrected chi connectivity index (χ4v) is 3.42. The number of nitrogens with two attached hydrogens (primary N) is 2. The Morgan fingerprint density at radius 2 is 0.886 bits per heavy atom. The van der Waals surface area contributed by atoms with Crippen LogP contribution in [-0.4, -0.2) is 62.8 Å². The number of fused-ring (bicyclic) bond motifs is 2. The molecule has 0 radical (unpaired) electrons. The third kappa shape index (κ3) is 7.16. The number of pyridine rings is 2. The van der Waals surface area contributed by atoms with E-state index in [4.69, 9.17) is 35.2 Å². The van der Waals surface area contributed by atoms with Gasteiger partial charge in [0.25, 0.3) is 0 Å². The average molecular weight is 479 g/mol. The van der Waals surface area contributed by atoms with Gasteiger partial charge in [-0.3, -0.25) is 0 Å². The maximum atomic E-state index is 5.96. The maximum absolute atomic E-state index is 5.96. The van der Waals surface area contributed by atoms with Gasteiger partial charge in [-0.05, 0) is 24.3 Å². The Morgan fingerprint density at radius 1 is 0.514 bits per heavy atom. The third-order valence-corrected chi connectivity index (χ3v) is 5.15. The molecule has 4 aromatic rings. The molecule has 35 heavy (non-hydrogen) atoms. The molecule has 0 saturated heterocycles. The van der Waals surface area contributed by atoms with Crippen molar-refractivity contribution in [2.45, 2.75) is 0 Å². The first-order valence-corrected chi connectivity index (χ1v) is 11.5. The molecular weight excluding hydrogens is 448 g/mol. The van der Waals surface area contributed by atoms with Gasteiger partial charge in [0, 0.05) is 10.8 Å². The fraction of sp³-hybridized carbons (Fsp3) is 0.308. The predicted molar refractivity (Wildman–Crippen MR) is 136 cm³/mol. The summed E-state index contributed by atoms with van der Waals surface area (Å²) >= 11 is 0. The second-order valence-electron chi connectivity index (χ2n) is 7.66. The lowest BCUT2D eigenvalue weighted by Crippen LogP contribution is -2.14. The quantitative estimate of drug-likeness (QED) is 0.262. The Labute approximate surface area is 203 Å². The second kappa shape index (κ2) is 12.7. The highest BCUT2D eigenvalue weighted by molar-refractivity contribution is 5.83. The molecule has 0 fully saturated rings. The van der Waals surface area contributed by atoms with E-state index in [1.165, 1.54) is 0 Å². The van der Waals surface area contributed by atoms with E-state index in [1.54, 1.807) is 0 Å². The number of rotatable bonds is 14. The van der Waals surface area contributed by atoms with Crippen LogP contribution in [-0.2, 0) is 14.2 Å². The minimum Gasteiger partial charge on any atom is -0.487 e. The Kier molecular flexibility index (Phi) is 8.88. The standard InChI is InChI=1S/C26H30N4O5/c27-25-23(17-19-5-1-3-7-21(19)29-25)34-15-13-32-11-9-31-10-12-33-14-16-35-24-18-20-6-2-4-8-22(20)30-26(24)28/h1-8,17-18H,9-16H2,(H2,27,29)(H2,28,30). The first-order chi connectivity index (χ1) is 17.2. The average Bonchev–Trinajstić information content (AvgIpc) is 2.87. The highest BCUT2D eigenvalue weighted by Crippen LogP contribution is 2.25. The van der Waals surface area contributed by atoms with Gasteiger partial charge in [0.2, 0.25) is 0 Å². The van der Waals surface area contributed by atoms with Gasteiger partial charge in [-0.2, -0.15) is 0 Å². The van der Waals surface area contributed by atoms with E-state index in [-0.39, 0.29) is 0 Å². The summed E-state index contributed by atoms with van der Waals surface area (Å²) in [6.07, 6.45) is 0. The van der Waals surface area contributed by atoms with Crippen LogP contribution in [0.5, 0.6) is 11.5 Å². The molecule has 0 aliphatic heterocycles. The number of nitrogens with zero attached hydrogens (tertiary/aromatic N) is 2. The lowest BCUT2D eigenvalue weighted by Gasteiger charge is -2.11. The summed E-state index contributed by atoms with van der Waals surface area (Å²) in [5.74, 6) is 1.86. The second-order valence-corrected chi connectivity index (χ2v) is 7.66. The van der Waals surface area contributed by atoms with Crippen molar-refractivity contribution in [2.75, 3.05) is 64.3 Å². The summed E-state index contributed by atoms with van der Waals surface area (Å²) in [5.41, 5.74) is 13.6. The van der Waals surface area contributed by atoms with Crippen molar-refractivity contribution in [2.24, 2.45) is 0 Å². The zero-order valence-electron chi connectivity index (χ0n) is 19.5. The van der Waals surface area contributed by atoms with Crippen LogP contribution in [0.4, 0.5) is 11.6 Å². The number of para-hydroxylation sites is 2. The van der Waals surface area contributed by atoms with E-state index in [1.807, 2.05) is 60.7 Å². The molecule has 0 aliphatic carbocycles. The van der Waals surface area contributed by atoms with Crippen LogP contribution in [0.3, 0.4) is 0 Å². The smallest absolute Gasteiger partial charge is 0.166 e. The molecule has 0 atom stereocenters. The maximum Gasteiger partial charge on any atom is 0.166 e. The van der Waals surface area contributed by atoms with E-state index >= 15 is 0 Å². The van der Waals surface area contributed by atoms with Gasteiger partial charge in [0.05, 0.1) is 50.7 Å². The highest BCUT2D eigenvalue weighted by Gasteiger charge is 2.06. The van der Waals surface area contributed by atoms with Crippen molar-refractivity contribution in [1.29, 1.82) is 0 Å². The number of anilines is 2. The van der Waals surface area contributed by atoms with Crippen LogP contribution in [0.15, 0.2) is 60.7 Å². The van der Waals surface area contributed by atoms with E-state index < -0.39 is 0 Å². The predicted octanol–water partition coefficient (Wildman–Crippen LogP) is 3.46. The van der Waals surface area contributed by atoms with Gasteiger partial charge in [0.15, 0.2) is 23.1 Å². The molecule has 184 valence electrons. The number of aromatic nitrogens is 2. The molecule has 2 aromatic heterocycles. The molecule has 0 spiro atoms. The topological polar surface area (TPSA) is 124 Å². The van der Waals surface area contributed by atoms with Crippen LogP contribution >= 0.6 is 0 Å². The van der Waals surface area contributed by atoms with Crippen LogP contribution in [0.2, 0.25) is 0 Å². The third-order valence-electron chi connectivity index (χ3n) is 5.15. The highest BCUT2D eigenvalue weighted by atomic mass is 16.6. The monoisotopic (exact) mass is 478 g/mol. The molecule has 0 bridgehead atoms. The number of nitrogen functional groups attached to an aromatic ring is 2. The van der Waals surface area contributed by atoms with Gasteiger partial charge in [0.1, 0.15) is 13.2 Å². The Morgan fingerprint density at radius 3 is 1.31 bits per heavy atom. The Balaban J connectivity index is 1.00. The molecule has 0 aliphatic rings. The Hall–Kier alpha value is -3.66. The summed E-state index contributed by atoms with van der Waals surface area (Å²) in [4.78, 5) is 8.69. The number of benzene rings is 2. The zero-order valence-corrected chi connectivity index (χ0v) is 19.5. The number of hydrogen-bond acceptors (Lipinski definition) is 9. The van der Waals surface area contributed by atoms with Crippen LogP contribution in [0.1, 0.15) is 0 Å². The largest absolute Gasteiger partial charge is 0.487 e. The van der Waals surface area contributed by atoms with Crippen LogP contribution in [0, 0.1) is 0 Å².